The van der Waals surface area contributed by atoms with E-state index in [0.29, 0.717) is 5.39 Å². The number of aromatic nitrogens is 2. The topological polar surface area (TPSA) is 50.5 Å². The maximum absolute atomic E-state index is 13.2. The molecule has 0 aliphatic carbocycles. The predicted molar refractivity (Wildman–Crippen MR) is 142 cm³/mol. The fraction of sp³-hybridized carbons (Fsp3) is 0.107. The standard InChI is InChI=1S/C28H24N4OS/c1-2-31(18-22-9-5-3-6-10-22)24-15-13-21(14-16-24)17-30-32-20-29-27-26(28(32)33)25(19-34-27)23-11-7-4-8-12-23/h3-17,19-20H,2,18H2,1H3/b30-17-. The van der Waals surface area contributed by atoms with Gasteiger partial charge in [0.05, 0.1) is 11.6 Å². The highest BCUT2D eigenvalue weighted by Crippen LogP contribution is 2.30. The Bertz CT molecular complexity index is 1470. The fourth-order valence-corrected chi connectivity index (χ4v) is 4.83. The van der Waals surface area contributed by atoms with Gasteiger partial charge in [0.1, 0.15) is 11.2 Å². The van der Waals surface area contributed by atoms with Crippen molar-refractivity contribution in [3.8, 4) is 11.1 Å². The summed E-state index contributed by atoms with van der Waals surface area (Å²) in [7, 11) is 0. The number of anilines is 1. The molecule has 0 unspecified atom stereocenters. The average Bonchev–Trinajstić information content (AvgIpc) is 3.33. The van der Waals surface area contributed by atoms with Crippen molar-refractivity contribution in [1.29, 1.82) is 0 Å². The molecule has 0 bridgehead atoms. The molecule has 0 spiro atoms. The molecule has 5 rings (SSSR count). The minimum absolute atomic E-state index is 0.169. The van der Waals surface area contributed by atoms with E-state index < -0.39 is 0 Å². The maximum Gasteiger partial charge on any atom is 0.283 e. The molecule has 6 heteroatoms. The highest BCUT2D eigenvalue weighted by molar-refractivity contribution is 7.17. The fourth-order valence-electron chi connectivity index (χ4n) is 3.93. The molecular formula is C28H24N4OS. The van der Waals surface area contributed by atoms with Crippen LogP contribution in [0.5, 0.6) is 0 Å². The average molecular weight is 465 g/mol. The van der Waals surface area contributed by atoms with Crippen LogP contribution in [0.15, 0.2) is 107 Å². The van der Waals surface area contributed by atoms with E-state index in [0.717, 1.165) is 40.3 Å². The smallest absolute Gasteiger partial charge is 0.283 e. The van der Waals surface area contributed by atoms with Gasteiger partial charge < -0.3 is 4.90 Å². The highest BCUT2D eigenvalue weighted by Gasteiger charge is 2.13. The molecule has 0 aliphatic rings. The Morgan fingerprint density at radius 2 is 1.68 bits per heavy atom. The number of hydrogen-bond donors (Lipinski definition) is 0. The summed E-state index contributed by atoms with van der Waals surface area (Å²) in [6.07, 6.45) is 3.18. The Balaban J connectivity index is 1.38. The first-order valence-corrected chi connectivity index (χ1v) is 12.1. The lowest BCUT2D eigenvalue weighted by Crippen LogP contribution is -2.21. The summed E-state index contributed by atoms with van der Waals surface area (Å²) in [5.41, 5.74) is 5.07. The van der Waals surface area contributed by atoms with E-state index in [9.17, 15) is 4.79 Å². The second kappa shape index (κ2) is 9.85. The second-order valence-corrected chi connectivity index (χ2v) is 8.78. The van der Waals surface area contributed by atoms with Gasteiger partial charge in [-0.2, -0.15) is 9.78 Å². The van der Waals surface area contributed by atoms with Crippen LogP contribution in [-0.2, 0) is 6.54 Å². The summed E-state index contributed by atoms with van der Waals surface area (Å²) in [6, 6.07) is 28.6. The molecular weight excluding hydrogens is 440 g/mol. The van der Waals surface area contributed by atoms with E-state index in [1.54, 1.807) is 6.21 Å². The molecule has 5 aromatic rings. The number of thiophene rings is 1. The van der Waals surface area contributed by atoms with Crippen molar-refractivity contribution in [1.82, 2.24) is 9.66 Å². The molecule has 0 amide bonds. The zero-order valence-electron chi connectivity index (χ0n) is 18.8. The Morgan fingerprint density at radius 3 is 2.38 bits per heavy atom. The first-order valence-electron chi connectivity index (χ1n) is 11.2. The van der Waals surface area contributed by atoms with Gasteiger partial charge >= 0.3 is 0 Å². The van der Waals surface area contributed by atoms with Gasteiger partial charge in [0, 0.05) is 29.7 Å². The van der Waals surface area contributed by atoms with Crippen molar-refractivity contribution in [2.24, 2.45) is 5.10 Å². The lowest BCUT2D eigenvalue weighted by molar-refractivity contribution is 0.818. The van der Waals surface area contributed by atoms with Crippen LogP contribution in [0, 0.1) is 0 Å². The van der Waals surface area contributed by atoms with Crippen LogP contribution in [0.2, 0.25) is 0 Å². The molecule has 34 heavy (non-hydrogen) atoms. The van der Waals surface area contributed by atoms with Gasteiger partial charge in [0.2, 0.25) is 0 Å². The predicted octanol–water partition coefficient (Wildman–Crippen LogP) is 6.03. The lowest BCUT2D eigenvalue weighted by atomic mass is 10.1. The molecule has 0 saturated carbocycles. The van der Waals surface area contributed by atoms with E-state index in [2.05, 4.69) is 58.3 Å². The normalized spacial score (nSPS) is 11.3. The molecule has 5 nitrogen and oxygen atoms in total. The largest absolute Gasteiger partial charge is 0.367 e. The van der Waals surface area contributed by atoms with E-state index in [4.69, 9.17) is 0 Å². The molecule has 0 N–H and O–H groups in total. The third-order valence-corrected chi connectivity index (χ3v) is 6.64. The van der Waals surface area contributed by atoms with Crippen molar-refractivity contribution in [3.63, 3.8) is 0 Å². The van der Waals surface area contributed by atoms with Gasteiger partial charge in [-0.25, -0.2) is 4.98 Å². The minimum Gasteiger partial charge on any atom is -0.367 e. The van der Waals surface area contributed by atoms with Crippen LogP contribution in [-0.4, -0.2) is 22.4 Å². The first-order chi connectivity index (χ1) is 16.7. The molecule has 168 valence electrons. The number of rotatable bonds is 7. The molecule has 0 fully saturated rings. The van der Waals surface area contributed by atoms with Crippen molar-refractivity contribution in [2.45, 2.75) is 13.5 Å². The summed E-state index contributed by atoms with van der Waals surface area (Å²) < 4.78 is 1.31. The number of hydrogen-bond acceptors (Lipinski definition) is 5. The molecule has 0 saturated heterocycles. The zero-order valence-corrected chi connectivity index (χ0v) is 19.7. The number of nitrogens with zero attached hydrogens (tertiary/aromatic N) is 4. The second-order valence-electron chi connectivity index (χ2n) is 7.93. The summed E-state index contributed by atoms with van der Waals surface area (Å²) in [4.78, 5) is 20.7. The van der Waals surface area contributed by atoms with Crippen LogP contribution in [0.4, 0.5) is 5.69 Å². The Morgan fingerprint density at radius 1 is 0.971 bits per heavy atom. The van der Waals surface area contributed by atoms with Gasteiger partial charge in [-0.1, -0.05) is 72.8 Å². The minimum atomic E-state index is -0.169. The van der Waals surface area contributed by atoms with Crippen molar-refractivity contribution < 1.29 is 0 Å². The van der Waals surface area contributed by atoms with Crippen LogP contribution >= 0.6 is 11.3 Å². The molecule has 2 heterocycles. The summed E-state index contributed by atoms with van der Waals surface area (Å²) in [6.45, 7) is 3.92. The van der Waals surface area contributed by atoms with Gasteiger partial charge in [0.25, 0.3) is 5.56 Å². The summed E-state index contributed by atoms with van der Waals surface area (Å²) in [5, 5.41) is 7.00. The van der Waals surface area contributed by atoms with Crippen molar-refractivity contribution >= 4 is 33.5 Å². The van der Waals surface area contributed by atoms with E-state index >= 15 is 0 Å². The maximum atomic E-state index is 13.2. The Labute approximate surface area is 202 Å². The zero-order chi connectivity index (χ0) is 23.3. The summed E-state index contributed by atoms with van der Waals surface area (Å²) >= 11 is 1.47. The number of benzene rings is 3. The highest BCUT2D eigenvalue weighted by atomic mass is 32.1. The number of fused-ring (bicyclic) bond motifs is 1. The third kappa shape index (κ3) is 4.54. The third-order valence-electron chi connectivity index (χ3n) is 5.75. The van der Waals surface area contributed by atoms with E-state index in [-0.39, 0.29) is 5.56 Å². The molecule has 2 aromatic heterocycles. The van der Waals surface area contributed by atoms with Gasteiger partial charge in [-0.15, -0.1) is 11.3 Å². The Hall–Kier alpha value is -4.03. The van der Waals surface area contributed by atoms with Crippen LogP contribution in [0.25, 0.3) is 21.3 Å². The molecule has 3 aromatic carbocycles. The van der Waals surface area contributed by atoms with Gasteiger partial charge in [-0.3, -0.25) is 4.79 Å². The monoisotopic (exact) mass is 464 g/mol. The molecule has 0 atom stereocenters. The van der Waals surface area contributed by atoms with Crippen molar-refractivity contribution in [3.05, 3.63) is 118 Å². The summed E-state index contributed by atoms with van der Waals surface area (Å²) in [5.74, 6) is 0. The first kappa shape index (κ1) is 21.8. The van der Waals surface area contributed by atoms with Crippen LogP contribution in [0.3, 0.4) is 0 Å². The van der Waals surface area contributed by atoms with E-state index in [1.165, 1.54) is 27.9 Å². The van der Waals surface area contributed by atoms with Gasteiger partial charge in [-0.05, 0) is 35.7 Å². The van der Waals surface area contributed by atoms with Crippen molar-refractivity contribution in [2.75, 3.05) is 11.4 Å². The SMILES string of the molecule is CCN(Cc1ccccc1)c1ccc(/C=N\n2cnc3scc(-c4ccccc4)c3c2=O)cc1. The van der Waals surface area contributed by atoms with Crippen LogP contribution in [0.1, 0.15) is 18.1 Å². The van der Waals surface area contributed by atoms with Crippen LogP contribution < -0.4 is 10.5 Å². The molecule has 0 aliphatic heterocycles. The molecule has 0 radical (unpaired) electrons. The Kier molecular flexibility index (Phi) is 6.31. The van der Waals surface area contributed by atoms with E-state index in [1.807, 2.05) is 53.9 Å². The quantitative estimate of drug-likeness (QED) is 0.276. The van der Waals surface area contributed by atoms with Gasteiger partial charge in [0.15, 0.2) is 0 Å². The lowest BCUT2D eigenvalue weighted by Gasteiger charge is -2.23.